The lowest BCUT2D eigenvalue weighted by atomic mass is 10.2. The Morgan fingerprint density at radius 2 is 1.92 bits per heavy atom. The molecule has 0 atom stereocenters. The van der Waals surface area contributed by atoms with Crippen molar-refractivity contribution >= 4 is 23.2 Å². The van der Waals surface area contributed by atoms with E-state index in [1.165, 1.54) is 10.6 Å². The summed E-state index contributed by atoms with van der Waals surface area (Å²) in [4.78, 5) is 23.9. The lowest BCUT2D eigenvalue weighted by Crippen LogP contribution is -2.23. The van der Waals surface area contributed by atoms with Crippen LogP contribution in [0.3, 0.4) is 0 Å². The molecule has 7 heteroatoms. The Bertz CT molecular complexity index is 761. The normalized spacial score (nSPS) is 10.6. The van der Waals surface area contributed by atoms with E-state index >= 15 is 0 Å². The smallest absolute Gasteiger partial charge is 0.250 e. The van der Waals surface area contributed by atoms with Crippen molar-refractivity contribution in [3.63, 3.8) is 0 Å². The van der Waals surface area contributed by atoms with Gasteiger partial charge in [-0.1, -0.05) is 29.8 Å². The highest BCUT2D eigenvalue weighted by Crippen LogP contribution is 2.16. The van der Waals surface area contributed by atoms with Crippen molar-refractivity contribution < 1.29 is 14.3 Å². The molecule has 2 aromatic rings. The van der Waals surface area contributed by atoms with Gasteiger partial charge in [0.25, 0.3) is 5.56 Å². The third kappa shape index (κ3) is 6.34. The third-order valence-corrected chi connectivity index (χ3v) is 3.74. The number of carbonyl (C=O) groups is 1. The number of aromatic nitrogens is 1. The van der Waals surface area contributed by atoms with Gasteiger partial charge in [-0.25, -0.2) is 0 Å². The molecule has 1 aromatic heterocycles. The number of halogens is 1. The molecule has 134 valence electrons. The Hall–Kier alpha value is -2.15. The van der Waals surface area contributed by atoms with E-state index in [0.717, 1.165) is 5.56 Å². The Labute approximate surface area is 151 Å². The van der Waals surface area contributed by atoms with Gasteiger partial charge in [0.1, 0.15) is 6.61 Å². The van der Waals surface area contributed by atoms with Crippen molar-refractivity contribution in [3.8, 4) is 0 Å². The summed E-state index contributed by atoms with van der Waals surface area (Å²) in [6.07, 6.45) is 1.59. The average Bonchev–Trinajstić information content (AvgIpc) is 2.59. The molecule has 0 bridgehead atoms. The van der Waals surface area contributed by atoms with Crippen molar-refractivity contribution in [1.82, 2.24) is 4.57 Å². The number of hydrogen-bond donors (Lipinski definition) is 1. The maximum absolute atomic E-state index is 12.0. The van der Waals surface area contributed by atoms with Crippen LogP contribution in [0.5, 0.6) is 0 Å². The van der Waals surface area contributed by atoms with E-state index < -0.39 is 0 Å². The molecule has 1 heterocycles. The van der Waals surface area contributed by atoms with Gasteiger partial charge in [-0.15, -0.1) is 0 Å². The lowest BCUT2D eigenvalue weighted by Gasteiger charge is -2.11. The minimum atomic E-state index is -0.292. The van der Waals surface area contributed by atoms with E-state index in [1.807, 2.05) is 25.1 Å². The molecule has 0 saturated carbocycles. The molecule has 0 unspecified atom stereocenters. The van der Waals surface area contributed by atoms with Crippen LogP contribution < -0.4 is 10.9 Å². The highest BCUT2D eigenvalue weighted by Gasteiger charge is 2.06. The molecule has 0 fully saturated rings. The Morgan fingerprint density at radius 1 is 1.16 bits per heavy atom. The van der Waals surface area contributed by atoms with Crippen molar-refractivity contribution in [2.24, 2.45) is 0 Å². The summed E-state index contributed by atoms with van der Waals surface area (Å²) in [6, 6.07) is 10.3. The Balaban J connectivity index is 1.95. The number of carbonyl (C=O) groups excluding carboxylic acids is 1. The van der Waals surface area contributed by atoms with Crippen LogP contribution in [0.4, 0.5) is 5.69 Å². The lowest BCUT2D eigenvalue weighted by molar-refractivity contribution is -0.121. The van der Waals surface area contributed by atoms with E-state index in [1.54, 1.807) is 18.3 Å². The van der Waals surface area contributed by atoms with Gasteiger partial charge in [0.05, 0.1) is 25.4 Å². The van der Waals surface area contributed by atoms with Gasteiger partial charge in [0.15, 0.2) is 0 Å². The number of amides is 1. The minimum absolute atomic E-state index is 0.0727. The average molecular weight is 365 g/mol. The maximum atomic E-state index is 12.0. The van der Waals surface area contributed by atoms with Gasteiger partial charge in [-0.2, -0.15) is 0 Å². The van der Waals surface area contributed by atoms with Crippen molar-refractivity contribution in [2.75, 3.05) is 31.7 Å². The first kappa shape index (κ1) is 19.2. The molecular weight excluding hydrogens is 344 g/mol. The fourth-order valence-electron chi connectivity index (χ4n) is 2.16. The first-order valence-electron chi connectivity index (χ1n) is 7.99. The topological polar surface area (TPSA) is 69.6 Å². The molecule has 0 aliphatic rings. The largest absolute Gasteiger partial charge is 0.379 e. The number of rotatable bonds is 9. The third-order valence-electron chi connectivity index (χ3n) is 3.38. The molecule has 1 aromatic carbocycles. The van der Waals surface area contributed by atoms with Crippen LogP contribution in [0.2, 0.25) is 5.02 Å². The van der Waals surface area contributed by atoms with E-state index in [9.17, 15) is 9.59 Å². The highest BCUT2D eigenvalue weighted by molar-refractivity contribution is 6.31. The summed E-state index contributed by atoms with van der Waals surface area (Å²) in [5.41, 5.74) is 1.17. The minimum Gasteiger partial charge on any atom is -0.379 e. The van der Waals surface area contributed by atoms with Crippen molar-refractivity contribution in [1.29, 1.82) is 0 Å². The van der Waals surface area contributed by atoms with Crippen LogP contribution in [-0.4, -0.2) is 36.9 Å². The summed E-state index contributed by atoms with van der Waals surface area (Å²) in [7, 11) is 0. The van der Waals surface area contributed by atoms with Crippen LogP contribution in [0.1, 0.15) is 12.5 Å². The second kappa shape index (κ2) is 9.98. The molecule has 6 nitrogen and oxygen atoms in total. The molecular formula is C18H21ClN2O4. The number of nitrogens with zero attached hydrogens (tertiary/aromatic N) is 1. The van der Waals surface area contributed by atoms with Crippen LogP contribution in [0.25, 0.3) is 0 Å². The summed E-state index contributed by atoms with van der Waals surface area (Å²) in [5.74, 6) is -0.292. The van der Waals surface area contributed by atoms with Gasteiger partial charge in [0, 0.05) is 23.9 Å². The zero-order valence-electron chi connectivity index (χ0n) is 14.0. The SMILES string of the molecule is CCOCCOCC(=O)Nc1ccc(=O)n(Cc2ccccc2Cl)c1. The first-order chi connectivity index (χ1) is 12.1. The van der Waals surface area contributed by atoms with E-state index in [-0.39, 0.29) is 18.1 Å². The molecule has 0 saturated heterocycles. The predicted octanol–water partition coefficient (Wildman–Crippen LogP) is 2.54. The summed E-state index contributed by atoms with van der Waals surface area (Å²) >= 11 is 6.13. The zero-order chi connectivity index (χ0) is 18.1. The molecule has 1 N–H and O–H groups in total. The number of hydrogen-bond acceptors (Lipinski definition) is 4. The maximum Gasteiger partial charge on any atom is 0.250 e. The van der Waals surface area contributed by atoms with Gasteiger partial charge < -0.3 is 19.4 Å². The number of benzene rings is 1. The Kier molecular flexibility index (Phi) is 7.66. The zero-order valence-corrected chi connectivity index (χ0v) is 14.8. The number of pyridine rings is 1. The molecule has 0 radical (unpaired) electrons. The summed E-state index contributed by atoms with van der Waals surface area (Å²) in [6.45, 7) is 3.57. The van der Waals surface area contributed by atoms with Crippen LogP contribution >= 0.6 is 11.6 Å². The monoisotopic (exact) mass is 364 g/mol. The van der Waals surface area contributed by atoms with Crippen LogP contribution in [0, 0.1) is 0 Å². The fourth-order valence-corrected chi connectivity index (χ4v) is 2.36. The van der Waals surface area contributed by atoms with Gasteiger partial charge >= 0.3 is 0 Å². The van der Waals surface area contributed by atoms with Crippen molar-refractivity contribution in [3.05, 3.63) is 63.5 Å². The number of ether oxygens (including phenoxy) is 2. The van der Waals surface area contributed by atoms with Gasteiger partial charge in [-0.05, 0) is 24.6 Å². The first-order valence-corrected chi connectivity index (χ1v) is 8.37. The number of nitrogens with one attached hydrogen (secondary N) is 1. The molecule has 25 heavy (non-hydrogen) atoms. The Morgan fingerprint density at radius 3 is 2.68 bits per heavy atom. The molecule has 0 aliphatic heterocycles. The van der Waals surface area contributed by atoms with E-state index in [4.69, 9.17) is 21.1 Å². The highest BCUT2D eigenvalue weighted by atomic mass is 35.5. The quantitative estimate of drug-likeness (QED) is 0.694. The summed E-state index contributed by atoms with van der Waals surface area (Å²) in [5, 5.41) is 3.29. The van der Waals surface area contributed by atoms with Gasteiger partial charge in [0.2, 0.25) is 5.91 Å². The molecule has 0 aliphatic carbocycles. The molecule has 2 rings (SSSR count). The second-order valence-corrected chi connectivity index (χ2v) is 5.68. The second-order valence-electron chi connectivity index (χ2n) is 5.27. The molecule has 0 spiro atoms. The molecule has 1 amide bonds. The van der Waals surface area contributed by atoms with E-state index in [2.05, 4.69) is 5.32 Å². The fraction of sp³-hybridized carbons (Fsp3) is 0.333. The predicted molar refractivity (Wildman–Crippen MR) is 97.2 cm³/mol. The van der Waals surface area contributed by atoms with Crippen molar-refractivity contribution in [2.45, 2.75) is 13.5 Å². The van der Waals surface area contributed by atoms with E-state index in [0.29, 0.717) is 37.1 Å². The summed E-state index contributed by atoms with van der Waals surface area (Å²) < 4.78 is 11.8. The van der Waals surface area contributed by atoms with Gasteiger partial charge in [-0.3, -0.25) is 9.59 Å². The standard InChI is InChI=1S/C18H21ClN2O4/c1-2-24-9-10-25-13-17(22)20-15-7-8-18(23)21(12-15)11-14-5-3-4-6-16(14)19/h3-8,12H,2,9-11,13H2,1H3,(H,20,22). The number of anilines is 1. The van der Waals surface area contributed by atoms with Crippen LogP contribution in [0.15, 0.2) is 47.4 Å². The van der Waals surface area contributed by atoms with Crippen LogP contribution in [-0.2, 0) is 20.8 Å².